The lowest BCUT2D eigenvalue weighted by Crippen LogP contribution is -2.23. The summed E-state index contributed by atoms with van der Waals surface area (Å²) >= 11 is 2.92. The van der Waals surface area contributed by atoms with Crippen LogP contribution in [0.15, 0.2) is 63.9 Å². The molecule has 0 amide bonds. The highest BCUT2D eigenvalue weighted by Gasteiger charge is 2.17. The molecule has 0 fully saturated rings. The predicted octanol–water partition coefficient (Wildman–Crippen LogP) is 4.40. The fourth-order valence-electron chi connectivity index (χ4n) is 3.60. The SMILES string of the molecule is O=c1c2sccc2nc(SCc2nc3ccccc3[nH]2)n1Cc1ccc2c(c1)OCO2. The van der Waals surface area contributed by atoms with Crippen LogP contribution < -0.4 is 15.0 Å². The zero-order valence-electron chi connectivity index (χ0n) is 16.2. The van der Waals surface area contributed by atoms with Gasteiger partial charge in [-0.15, -0.1) is 11.3 Å². The fourth-order valence-corrected chi connectivity index (χ4v) is 5.25. The smallest absolute Gasteiger partial charge is 0.272 e. The molecule has 9 heteroatoms. The third-order valence-corrected chi connectivity index (χ3v) is 6.96. The summed E-state index contributed by atoms with van der Waals surface area (Å²) in [6.07, 6.45) is 0. The summed E-state index contributed by atoms with van der Waals surface area (Å²) in [5, 5.41) is 2.56. The maximum atomic E-state index is 13.2. The van der Waals surface area contributed by atoms with E-state index in [1.807, 2.05) is 53.9 Å². The number of thiophene rings is 1. The molecule has 154 valence electrons. The van der Waals surface area contributed by atoms with E-state index in [2.05, 4.69) is 9.97 Å². The highest BCUT2D eigenvalue weighted by molar-refractivity contribution is 7.98. The average molecular weight is 449 g/mol. The molecule has 0 radical (unpaired) electrons. The summed E-state index contributed by atoms with van der Waals surface area (Å²) in [5.74, 6) is 2.85. The third-order valence-electron chi connectivity index (χ3n) is 5.08. The quantitative estimate of drug-likeness (QED) is 0.317. The summed E-state index contributed by atoms with van der Waals surface area (Å²) in [6.45, 7) is 0.624. The molecular formula is C22H16N4O3S2. The molecule has 31 heavy (non-hydrogen) atoms. The van der Waals surface area contributed by atoms with Crippen LogP contribution >= 0.6 is 23.1 Å². The van der Waals surface area contributed by atoms with Gasteiger partial charge in [0.25, 0.3) is 5.56 Å². The van der Waals surface area contributed by atoms with Crippen molar-refractivity contribution in [2.45, 2.75) is 17.5 Å². The Morgan fingerprint density at radius 3 is 2.90 bits per heavy atom. The molecule has 5 aromatic rings. The molecule has 0 aliphatic carbocycles. The van der Waals surface area contributed by atoms with E-state index in [4.69, 9.17) is 14.5 Å². The number of H-pyrrole nitrogens is 1. The van der Waals surface area contributed by atoms with Crippen molar-refractivity contribution < 1.29 is 9.47 Å². The Bertz CT molecular complexity index is 1450. The Kier molecular flexibility index (Phi) is 4.43. The molecule has 1 aliphatic heterocycles. The molecule has 2 aromatic carbocycles. The first-order valence-corrected chi connectivity index (χ1v) is 11.5. The van der Waals surface area contributed by atoms with Gasteiger partial charge in [-0.1, -0.05) is 30.0 Å². The molecule has 6 rings (SSSR count). The van der Waals surface area contributed by atoms with Gasteiger partial charge in [0.15, 0.2) is 16.7 Å². The lowest BCUT2D eigenvalue weighted by Gasteiger charge is -2.12. The molecule has 0 spiro atoms. The number of benzene rings is 2. The first-order chi connectivity index (χ1) is 15.2. The zero-order valence-corrected chi connectivity index (χ0v) is 17.8. The second-order valence-electron chi connectivity index (χ2n) is 7.10. The minimum atomic E-state index is -0.0372. The highest BCUT2D eigenvalue weighted by atomic mass is 32.2. The summed E-state index contributed by atoms with van der Waals surface area (Å²) in [7, 11) is 0. The molecule has 0 bridgehead atoms. The van der Waals surface area contributed by atoms with Crippen molar-refractivity contribution in [2.75, 3.05) is 6.79 Å². The number of thioether (sulfide) groups is 1. The molecule has 0 saturated heterocycles. The summed E-state index contributed by atoms with van der Waals surface area (Å²) < 4.78 is 13.3. The van der Waals surface area contributed by atoms with E-state index in [1.54, 1.807) is 4.57 Å². The number of imidazole rings is 1. The number of rotatable bonds is 5. The number of hydrogen-bond acceptors (Lipinski definition) is 7. The van der Waals surface area contributed by atoms with Crippen LogP contribution in [0.1, 0.15) is 11.4 Å². The molecule has 1 aliphatic rings. The Labute approximate surface area is 184 Å². The number of hydrogen-bond donors (Lipinski definition) is 1. The molecule has 3 aromatic heterocycles. The van der Waals surface area contributed by atoms with Gasteiger partial charge in [-0.2, -0.15) is 0 Å². The van der Waals surface area contributed by atoms with Gasteiger partial charge in [-0.3, -0.25) is 9.36 Å². The van der Waals surface area contributed by atoms with Crippen molar-refractivity contribution in [3.8, 4) is 11.5 Å². The Morgan fingerprint density at radius 2 is 1.97 bits per heavy atom. The van der Waals surface area contributed by atoms with Crippen LogP contribution in [0, 0.1) is 0 Å². The lowest BCUT2D eigenvalue weighted by molar-refractivity contribution is 0.174. The van der Waals surface area contributed by atoms with Gasteiger partial charge in [-0.05, 0) is 41.3 Å². The van der Waals surface area contributed by atoms with Crippen LogP contribution in [-0.4, -0.2) is 26.3 Å². The molecule has 0 atom stereocenters. The minimum absolute atomic E-state index is 0.0372. The maximum Gasteiger partial charge on any atom is 0.272 e. The number of aromatic nitrogens is 4. The Hall–Kier alpha value is -3.30. The lowest BCUT2D eigenvalue weighted by atomic mass is 10.2. The molecular weight excluding hydrogens is 432 g/mol. The monoisotopic (exact) mass is 448 g/mol. The van der Waals surface area contributed by atoms with E-state index < -0.39 is 0 Å². The fraction of sp³-hybridized carbons (Fsp3) is 0.136. The maximum absolute atomic E-state index is 13.2. The minimum Gasteiger partial charge on any atom is -0.454 e. The van der Waals surface area contributed by atoms with Crippen LogP contribution in [0.3, 0.4) is 0 Å². The summed E-state index contributed by atoms with van der Waals surface area (Å²) in [5.41, 5.74) is 3.57. The van der Waals surface area contributed by atoms with E-state index in [1.165, 1.54) is 23.1 Å². The van der Waals surface area contributed by atoms with Gasteiger partial charge in [0.1, 0.15) is 10.5 Å². The highest BCUT2D eigenvalue weighted by Crippen LogP contribution is 2.33. The number of ether oxygens (including phenoxy) is 2. The molecule has 0 unspecified atom stereocenters. The molecule has 7 nitrogen and oxygen atoms in total. The average Bonchev–Trinajstić information content (AvgIpc) is 3.52. The number of nitrogens with zero attached hydrogens (tertiary/aromatic N) is 3. The number of para-hydroxylation sites is 2. The van der Waals surface area contributed by atoms with E-state index in [-0.39, 0.29) is 12.4 Å². The predicted molar refractivity (Wildman–Crippen MR) is 121 cm³/mol. The van der Waals surface area contributed by atoms with Gasteiger partial charge in [0.2, 0.25) is 6.79 Å². The van der Waals surface area contributed by atoms with Gasteiger partial charge < -0.3 is 14.5 Å². The summed E-state index contributed by atoms with van der Waals surface area (Å²) in [6, 6.07) is 15.6. The van der Waals surface area contributed by atoms with E-state index in [0.29, 0.717) is 27.9 Å². The largest absolute Gasteiger partial charge is 0.454 e. The van der Waals surface area contributed by atoms with Crippen LogP contribution in [0.5, 0.6) is 11.5 Å². The van der Waals surface area contributed by atoms with Crippen LogP contribution in [0.2, 0.25) is 0 Å². The van der Waals surface area contributed by atoms with Crippen molar-refractivity contribution in [3.63, 3.8) is 0 Å². The van der Waals surface area contributed by atoms with Gasteiger partial charge >= 0.3 is 0 Å². The van der Waals surface area contributed by atoms with Crippen LogP contribution in [-0.2, 0) is 12.3 Å². The number of nitrogens with one attached hydrogen (secondary N) is 1. The molecule has 1 N–H and O–H groups in total. The molecule has 0 saturated carbocycles. The van der Waals surface area contributed by atoms with Crippen LogP contribution in [0.4, 0.5) is 0 Å². The van der Waals surface area contributed by atoms with E-state index >= 15 is 0 Å². The zero-order chi connectivity index (χ0) is 20.8. The third kappa shape index (κ3) is 3.35. The standard InChI is InChI=1S/C22H16N4O3S2/c27-21-20-16(7-8-30-20)25-22(31-11-19-23-14-3-1-2-4-15(14)24-19)26(21)10-13-5-6-17-18(9-13)29-12-28-17/h1-9H,10-12H2,(H,23,24). The number of aromatic amines is 1. The second kappa shape index (κ2) is 7.44. The first kappa shape index (κ1) is 18.5. The van der Waals surface area contributed by atoms with Crippen molar-refractivity contribution in [1.29, 1.82) is 0 Å². The van der Waals surface area contributed by atoms with E-state index in [0.717, 1.165) is 33.7 Å². The molecule has 4 heterocycles. The van der Waals surface area contributed by atoms with Crippen molar-refractivity contribution in [3.05, 3.63) is 75.7 Å². The van der Waals surface area contributed by atoms with Crippen molar-refractivity contribution in [2.24, 2.45) is 0 Å². The Morgan fingerprint density at radius 1 is 1.06 bits per heavy atom. The van der Waals surface area contributed by atoms with Gasteiger partial charge in [-0.25, -0.2) is 9.97 Å². The Balaban J connectivity index is 1.36. The topological polar surface area (TPSA) is 82.0 Å². The van der Waals surface area contributed by atoms with Crippen molar-refractivity contribution in [1.82, 2.24) is 19.5 Å². The van der Waals surface area contributed by atoms with Gasteiger partial charge in [0, 0.05) is 0 Å². The van der Waals surface area contributed by atoms with Crippen molar-refractivity contribution >= 4 is 44.3 Å². The van der Waals surface area contributed by atoms with Crippen LogP contribution in [0.25, 0.3) is 21.3 Å². The second-order valence-corrected chi connectivity index (χ2v) is 8.96. The van der Waals surface area contributed by atoms with E-state index in [9.17, 15) is 4.79 Å². The number of fused-ring (bicyclic) bond motifs is 3. The summed E-state index contributed by atoms with van der Waals surface area (Å²) in [4.78, 5) is 26.0. The first-order valence-electron chi connectivity index (χ1n) is 9.67. The van der Waals surface area contributed by atoms with Gasteiger partial charge in [0.05, 0.1) is 28.8 Å². The normalized spacial score (nSPS) is 12.8.